The van der Waals surface area contributed by atoms with Crippen LogP contribution >= 0.6 is 22.9 Å². The third-order valence-corrected chi connectivity index (χ3v) is 8.10. The Morgan fingerprint density at radius 2 is 1.85 bits per heavy atom. The van der Waals surface area contributed by atoms with Gasteiger partial charge in [0.15, 0.2) is 4.80 Å². The van der Waals surface area contributed by atoms with Crippen LogP contribution in [0, 0.1) is 0 Å². The average molecular weight is 588 g/mol. The van der Waals surface area contributed by atoms with Gasteiger partial charge in [-0.25, -0.2) is 9.79 Å². The number of hydrogen-bond acceptors (Lipinski definition) is 7. The normalized spacial score (nSPS) is 14.9. The molecule has 0 aliphatic carbocycles. The van der Waals surface area contributed by atoms with Gasteiger partial charge in [0.25, 0.3) is 5.56 Å². The monoisotopic (exact) mass is 587 g/mol. The number of thiazole rings is 1. The smallest absolute Gasteiger partial charge is 0.338 e. The third kappa shape index (κ3) is 5.99. The van der Waals surface area contributed by atoms with Crippen molar-refractivity contribution in [3.05, 3.63) is 125 Å². The zero-order chi connectivity index (χ0) is 29.1. The van der Waals surface area contributed by atoms with E-state index in [1.165, 1.54) is 11.3 Å². The van der Waals surface area contributed by atoms with Crippen LogP contribution in [0.4, 0.5) is 5.69 Å². The minimum Gasteiger partial charge on any atom is -0.489 e. The maximum atomic E-state index is 13.9. The Morgan fingerprint density at radius 1 is 1.10 bits per heavy atom. The number of aromatic nitrogens is 1. The first kappa shape index (κ1) is 28.4. The Labute approximate surface area is 247 Å². The van der Waals surface area contributed by atoms with Crippen molar-refractivity contribution in [1.29, 1.82) is 0 Å². The van der Waals surface area contributed by atoms with E-state index in [1.807, 2.05) is 97.9 Å². The van der Waals surface area contributed by atoms with Gasteiger partial charge in [0, 0.05) is 30.4 Å². The van der Waals surface area contributed by atoms with Crippen LogP contribution in [0.25, 0.3) is 6.08 Å². The second-order valence-electron chi connectivity index (χ2n) is 9.74. The first-order chi connectivity index (χ1) is 19.8. The van der Waals surface area contributed by atoms with Gasteiger partial charge in [-0.15, -0.1) is 0 Å². The van der Waals surface area contributed by atoms with Crippen LogP contribution in [0.3, 0.4) is 0 Å². The number of esters is 1. The van der Waals surface area contributed by atoms with E-state index in [4.69, 9.17) is 21.1 Å². The van der Waals surface area contributed by atoms with Crippen molar-refractivity contribution in [3.63, 3.8) is 0 Å². The molecule has 1 aromatic heterocycles. The summed E-state index contributed by atoms with van der Waals surface area (Å²) >= 11 is 7.55. The van der Waals surface area contributed by atoms with E-state index in [9.17, 15) is 9.59 Å². The maximum Gasteiger partial charge on any atom is 0.338 e. The zero-order valence-corrected chi connectivity index (χ0v) is 24.8. The lowest BCUT2D eigenvalue weighted by molar-refractivity contribution is -0.139. The standard InChI is InChI=1S/C32H30ClN3O4S/c1-5-39-31(38)28-20(2)34-32-36(29(28)22-13-15-24(16-14-22)35(3)4)30(37)27(41-32)18-21-9-8-11-25(17-21)40-19-23-10-6-7-12-26(23)33/h6-18,29H,5,19H2,1-4H3/b27-18-/t29-/m0/s1. The molecule has 9 heteroatoms. The Kier molecular flexibility index (Phi) is 8.42. The number of rotatable bonds is 8. The molecular weight excluding hydrogens is 558 g/mol. The van der Waals surface area contributed by atoms with E-state index in [0.717, 1.165) is 22.4 Å². The predicted molar refractivity (Wildman–Crippen MR) is 163 cm³/mol. The van der Waals surface area contributed by atoms with Gasteiger partial charge in [-0.1, -0.05) is 65.4 Å². The minimum atomic E-state index is -0.658. The number of ether oxygens (including phenoxy) is 2. The molecule has 0 radical (unpaired) electrons. The van der Waals surface area contributed by atoms with Gasteiger partial charge in [-0.3, -0.25) is 9.36 Å². The Hall–Kier alpha value is -4.14. The van der Waals surface area contributed by atoms with Gasteiger partial charge in [0.05, 0.1) is 28.5 Å². The molecule has 3 aromatic carbocycles. The highest BCUT2D eigenvalue weighted by atomic mass is 35.5. The molecule has 0 fully saturated rings. The summed E-state index contributed by atoms with van der Waals surface area (Å²) in [5.74, 6) is 0.179. The van der Waals surface area contributed by atoms with Crippen LogP contribution in [0.5, 0.6) is 5.75 Å². The summed E-state index contributed by atoms with van der Waals surface area (Å²) in [5.41, 5.74) is 4.17. The first-order valence-electron chi connectivity index (χ1n) is 13.2. The SMILES string of the molecule is CCOC(=O)C1=C(C)N=c2s/c(=C\c3cccc(OCc4ccccc4Cl)c3)c(=O)n2[C@H]1c1ccc(N(C)C)cc1. The molecule has 0 N–H and O–H groups in total. The highest BCUT2D eigenvalue weighted by Gasteiger charge is 2.33. The van der Waals surface area contributed by atoms with Crippen molar-refractivity contribution in [3.8, 4) is 5.75 Å². The van der Waals surface area contributed by atoms with Gasteiger partial charge < -0.3 is 14.4 Å². The molecule has 0 spiro atoms. The van der Waals surface area contributed by atoms with Gasteiger partial charge >= 0.3 is 5.97 Å². The molecule has 1 aliphatic rings. The maximum absolute atomic E-state index is 13.9. The van der Waals surface area contributed by atoms with Crippen LogP contribution in [-0.4, -0.2) is 31.2 Å². The molecule has 0 bridgehead atoms. The molecule has 4 aromatic rings. The summed E-state index contributed by atoms with van der Waals surface area (Å²) in [6.07, 6.45) is 1.82. The van der Waals surface area contributed by atoms with Gasteiger partial charge in [-0.05, 0) is 61.4 Å². The number of carbonyl (C=O) groups is 1. The van der Waals surface area contributed by atoms with E-state index < -0.39 is 12.0 Å². The number of anilines is 1. The number of fused-ring (bicyclic) bond motifs is 1. The number of benzene rings is 3. The zero-order valence-electron chi connectivity index (χ0n) is 23.3. The van der Waals surface area contributed by atoms with Crippen molar-refractivity contribution in [1.82, 2.24) is 4.57 Å². The number of allylic oxidation sites excluding steroid dienone is 1. The molecule has 0 saturated heterocycles. The summed E-state index contributed by atoms with van der Waals surface area (Å²) < 4.78 is 13.5. The lowest BCUT2D eigenvalue weighted by atomic mass is 9.95. The van der Waals surface area contributed by atoms with Crippen molar-refractivity contribution >= 4 is 40.7 Å². The van der Waals surface area contributed by atoms with E-state index in [2.05, 4.69) is 4.99 Å². The average Bonchev–Trinajstić information content (AvgIpc) is 3.26. The lowest BCUT2D eigenvalue weighted by Crippen LogP contribution is -2.39. The van der Waals surface area contributed by atoms with Crippen LogP contribution in [0.15, 0.2) is 93.9 Å². The summed E-state index contributed by atoms with van der Waals surface area (Å²) in [5, 5.41) is 0.646. The van der Waals surface area contributed by atoms with Gasteiger partial charge in [0.1, 0.15) is 12.4 Å². The molecule has 5 rings (SSSR count). The second kappa shape index (κ2) is 12.2. The lowest BCUT2D eigenvalue weighted by Gasteiger charge is -2.25. The molecular formula is C32H30ClN3O4S. The van der Waals surface area contributed by atoms with Crippen LogP contribution in [0.2, 0.25) is 5.02 Å². The summed E-state index contributed by atoms with van der Waals surface area (Å²) in [7, 11) is 3.92. The summed E-state index contributed by atoms with van der Waals surface area (Å²) in [6, 6.07) is 22.2. The number of carbonyl (C=O) groups excluding carboxylic acids is 1. The largest absolute Gasteiger partial charge is 0.489 e. The summed E-state index contributed by atoms with van der Waals surface area (Å²) in [6.45, 7) is 4.09. The fourth-order valence-electron chi connectivity index (χ4n) is 4.68. The molecule has 1 atom stereocenters. The quantitative estimate of drug-likeness (QED) is 0.268. The Morgan fingerprint density at radius 3 is 2.56 bits per heavy atom. The van der Waals surface area contributed by atoms with E-state index in [-0.39, 0.29) is 12.2 Å². The van der Waals surface area contributed by atoms with Crippen LogP contribution in [0.1, 0.15) is 36.6 Å². The fourth-order valence-corrected chi connectivity index (χ4v) is 5.92. The molecule has 7 nitrogen and oxygen atoms in total. The highest BCUT2D eigenvalue weighted by Crippen LogP contribution is 2.31. The highest BCUT2D eigenvalue weighted by molar-refractivity contribution is 7.07. The van der Waals surface area contributed by atoms with Crippen LogP contribution < -0.4 is 24.5 Å². The van der Waals surface area contributed by atoms with Crippen molar-refractivity contribution < 1.29 is 14.3 Å². The van der Waals surface area contributed by atoms with E-state index in [1.54, 1.807) is 18.4 Å². The number of halogens is 1. The molecule has 1 aliphatic heterocycles. The van der Waals surface area contributed by atoms with Gasteiger partial charge in [-0.2, -0.15) is 0 Å². The number of nitrogens with zero attached hydrogens (tertiary/aromatic N) is 3. The first-order valence-corrected chi connectivity index (χ1v) is 14.4. The molecule has 0 saturated carbocycles. The molecule has 0 unspecified atom stereocenters. The molecule has 41 heavy (non-hydrogen) atoms. The number of hydrogen-bond donors (Lipinski definition) is 0. The minimum absolute atomic E-state index is 0.223. The van der Waals surface area contributed by atoms with E-state index in [0.29, 0.717) is 38.0 Å². The molecule has 0 amide bonds. The van der Waals surface area contributed by atoms with Crippen molar-refractivity contribution in [2.24, 2.45) is 4.99 Å². The van der Waals surface area contributed by atoms with E-state index >= 15 is 0 Å². The Balaban J connectivity index is 1.55. The third-order valence-electron chi connectivity index (χ3n) is 6.75. The van der Waals surface area contributed by atoms with Crippen molar-refractivity contribution in [2.75, 3.05) is 25.6 Å². The fraction of sp³-hybridized carbons (Fsp3) is 0.219. The molecule has 210 valence electrons. The predicted octanol–water partition coefficient (Wildman–Crippen LogP) is 5.10. The topological polar surface area (TPSA) is 73.1 Å². The molecule has 2 heterocycles. The Bertz CT molecular complexity index is 1810. The summed E-state index contributed by atoms with van der Waals surface area (Å²) in [4.78, 5) is 34.2. The van der Waals surface area contributed by atoms with Crippen molar-refractivity contribution in [2.45, 2.75) is 26.5 Å². The second-order valence-corrected chi connectivity index (χ2v) is 11.2. The van der Waals surface area contributed by atoms with Crippen LogP contribution in [-0.2, 0) is 16.1 Å². The van der Waals surface area contributed by atoms with Gasteiger partial charge in [0.2, 0.25) is 0 Å².